The normalized spacial score (nSPS) is 11.3. The molecule has 3 rings (SSSR count). The Labute approximate surface area is 92.6 Å². The molecule has 17 heavy (non-hydrogen) atoms. The molecule has 0 unspecified atom stereocenters. The van der Waals surface area contributed by atoms with E-state index in [1.165, 1.54) is 10.6 Å². The maximum absolute atomic E-state index is 9.31. The Balaban J connectivity index is 2.67. The monoisotopic (exact) mass is 233 g/mol. The fourth-order valence-electron chi connectivity index (χ4n) is 1.56. The topological polar surface area (TPSA) is 157 Å². The van der Waals surface area contributed by atoms with Crippen LogP contribution in [0.25, 0.3) is 16.7 Å². The van der Waals surface area contributed by atoms with Gasteiger partial charge in [-0.25, -0.2) is 4.98 Å². The SMILES string of the molecule is N=c1cc(N)nc2c3c(N)n(O)nnc3nn12. The van der Waals surface area contributed by atoms with Gasteiger partial charge in [-0.05, 0) is 5.21 Å². The molecule has 0 aliphatic carbocycles. The van der Waals surface area contributed by atoms with Gasteiger partial charge in [-0.15, -0.1) is 10.2 Å². The van der Waals surface area contributed by atoms with Gasteiger partial charge in [-0.1, -0.05) is 4.85 Å². The second-order valence-electron chi connectivity index (χ2n) is 3.36. The maximum Gasteiger partial charge on any atom is 0.211 e. The lowest BCUT2D eigenvalue weighted by atomic mass is 10.4. The quantitative estimate of drug-likeness (QED) is 0.339. The molecule has 0 aliphatic heterocycles. The first-order valence-corrected chi connectivity index (χ1v) is 4.52. The van der Waals surface area contributed by atoms with E-state index < -0.39 is 0 Å². The first kappa shape index (κ1) is 9.33. The van der Waals surface area contributed by atoms with Gasteiger partial charge in [-0.3, -0.25) is 5.41 Å². The van der Waals surface area contributed by atoms with Crippen molar-refractivity contribution in [1.82, 2.24) is 29.8 Å². The minimum atomic E-state index is -0.0671. The average molecular weight is 233 g/mol. The van der Waals surface area contributed by atoms with Gasteiger partial charge >= 0.3 is 0 Å². The number of aromatic nitrogens is 6. The zero-order valence-electron chi connectivity index (χ0n) is 8.36. The predicted molar refractivity (Wildman–Crippen MR) is 55.9 cm³/mol. The highest BCUT2D eigenvalue weighted by molar-refractivity contribution is 5.97. The highest BCUT2D eigenvalue weighted by Gasteiger charge is 2.15. The summed E-state index contributed by atoms with van der Waals surface area (Å²) in [6.45, 7) is 0. The third kappa shape index (κ3) is 1.11. The largest absolute Gasteiger partial charge is 0.409 e. The van der Waals surface area contributed by atoms with Crippen molar-refractivity contribution >= 4 is 28.3 Å². The van der Waals surface area contributed by atoms with Crippen LogP contribution >= 0.6 is 0 Å². The highest BCUT2D eigenvalue weighted by Crippen LogP contribution is 2.20. The summed E-state index contributed by atoms with van der Waals surface area (Å²) >= 11 is 0. The molecule has 3 heterocycles. The zero-order valence-corrected chi connectivity index (χ0v) is 8.36. The number of hydrogen-bond donors (Lipinski definition) is 4. The van der Waals surface area contributed by atoms with Crippen LogP contribution < -0.4 is 17.0 Å². The van der Waals surface area contributed by atoms with Crippen LogP contribution in [0, 0.1) is 5.41 Å². The fraction of sp³-hybridized carbons (Fsp3) is 0. The van der Waals surface area contributed by atoms with Crippen LogP contribution in [-0.2, 0) is 0 Å². The van der Waals surface area contributed by atoms with Crippen molar-refractivity contribution in [2.75, 3.05) is 11.5 Å². The average Bonchev–Trinajstić information content (AvgIpc) is 2.63. The Kier molecular flexibility index (Phi) is 1.54. The van der Waals surface area contributed by atoms with Gasteiger partial charge in [-0.2, -0.15) is 4.52 Å². The number of fused-ring (bicyclic) bond motifs is 3. The molecule has 10 nitrogen and oxygen atoms in total. The molecule has 0 aromatic carbocycles. The number of hydrogen-bond acceptors (Lipinski definition) is 8. The summed E-state index contributed by atoms with van der Waals surface area (Å²) < 4.78 is 1.21. The molecule has 0 aliphatic rings. The smallest absolute Gasteiger partial charge is 0.211 e. The first-order valence-electron chi connectivity index (χ1n) is 4.52. The molecule has 0 bridgehead atoms. The van der Waals surface area contributed by atoms with Crippen LogP contribution in [0.15, 0.2) is 6.07 Å². The number of anilines is 2. The first-order chi connectivity index (χ1) is 8.08. The summed E-state index contributed by atoms with van der Waals surface area (Å²) in [4.78, 5) is 4.43. The zero-order chi connectivity index (χ0) is 12.2. The Hall–Kier alpha value is -2.91. The third-order valence-corrected chi connectivity index (χ3v) is 2.29. The van der Waals surface area contributed by atoms with Gasteiger partial charge in [0, 0.05) is 6.07 Å². The van der Waals surface area contributed by atoms with Gasteiger partial charge in [0.05, 0.1) is 0 Å². The van der Waals surface area contributed by atoms with Gasteiger partial charge in [0.15, 0.2) is 17.0 Å². The van der Waals surface area contributed by atoms with Crippen molar-refractivity contribution < 1.29 is 5.21 Å². The molecule has 0 fully saturated rings. The van der Waals surface area contributed by atoms with E-state index in [4.69, 9.17) is 16.9 Å². The Bertz CT molecular complexity index is 800. The molecule has 3 aromatic rings. The van der Waals surface area contributed by atoms with Crippen molar-refractivity contribution in [3.8, 4) is 0 Å². The minimum absolute atomic E-state index is 0.0365. The molecule has 86 valence electrons. The van der Waals surface area contributed by atoms with E-state index in [1.54, 1.807) is 0 Å². The third-order valence-electron chi connectivity index (χ3n) is 2.29. The summed E-state index contributed by atoms with van der Waals surface area (Å²) in [6.07, 6.45) is 0. The molecular formula is C7H7N9O. The van der Waals surface area contributed by atoms with E-state index in [0.29, 0.717) is 10.2 Å². The lowest BCUT2D eigenvalue weighted by molar-refractivity contribution is 0.143. The van der Waals surface area contributed by atoms with Crippen LogP contribution in [-0.4, -0.2) is 35.0 Å². The molecule has 3 aromatic heterocycles. The van der Waals surface area contributed by atoms with Crippen molar-refractivity contribution in [2.24, 2.45) is 0 Å². The molecule has 0 radical (unpaired) electrons. The lowest BCUT2D eigenvalue weighted by Gasteiger charge is -1.99. The number of nitrogen functional groups attached to an aromatic ring is 2. The van der Waals surface area contributed by atoms with Crippen molar-refractivity contribution in [3.63, 3.8) is 0 Å². The molecule has 0 amide bonds. The van der Waals surface area contributed by atoms with Gasteiger partial charge in [0.1, 0.15) is 11.2 Å². The second kappa shape index (κ2) is 2.81. The van der Waals surface area contributed by atoms with Crippen LogP contribution in [0.3, 0.4) is 0 Å². The Morgan fingerprint density at radius 3 is 2.88 bits per heavy atom. The fourth-order valence-corrected chi connectivity index (χ4v) is 1.56. The molecular weight excluding hydrogens is 226 g/mol. The van der Waals surface area contributed by atoms with Crippen LogP contribution in [0.1, 0.15) is 0 Å². The van der Waals surface area contributed by atoms with Crippen LogP contribution in [0.2, 0.25) is 0 Å². The molecule has 10 heteroatoms. The summed E-state index contributed by atoms with van der Waals surface area (Å²) in [6, 6.07) is 1.34. The van der Waals surface area contributed by atoms with E-state index in [0.717, 1.165) is 0 Å². The molecule has 0 saturated carbocycles. The van der Waals surface area contributed by atoms with Crippen molar-refractivity contribution in [2.45, 2.75) is 0 Å². The van der Waals surface area contributed by atoms with Crippen LogP contribution in [0.4, 0.5) is 11.6 Å². The Morgan fingerprint density at radius 1 is 1.35 bits per heavy atom. The molecule has 0 atom stereocenters. The summed E-state index contributed by atoms with van der Waals surface area (Å²) in [5, 5.41) is 28.3. The second-order valence-corrected chi connectivity index (χ2v) is 3.36. The summed E-state index contributed by atoms with van der Waals surface area (Å²) in [7, 11) is 0. The number of nitrogens with zero attached hydrogens (tertiary/aromatic N) is 6. The molecule has 0 spiro atoms. The van der Waals surface area contributed by atoms with E-state index in [1.807, 2.05) is 0 Å². The molecule has 6 N–H and O–H groups in total. The number of nitrogens with two attached hydrogens (primary N) is 2. The lowest BCUT2D eigenvalue weighted by Crippen LogP contribution is -2.15. The predicted octanol–water partition coefficient (Wildman–Crippen LogP) is -1.64. The van der Waals surface area contributed by atoms with E-state index in [9.17, 15) is 5.21 Å². The van der Waals surface area contributed by atoms with Crippen molar-refractivity contribution in [1.29, 1.82) is 5.41 Å². The van der Waals surface area contributed by atoms with Gasteiger partial charge in [0.25, 0.3) is 0 Å². The Morgan fingerprint density at radius 2 is 2.12 bits per heavy atom. The van der Waals surface area contributed by atoms with E-state index in [-0.39, 0.29) is 28.4 Å². The van der Waals surface area contributed by atoms with Crippen molar-refractivity contribution in [3.05, 3.63) is 11.6 Å². The van der Waals surface area contributed by atoms with Crippen LogP contribution in [0.5, 0.6) is 0 Å². The maximum atomic E-state index is 9.31. The van der Waals surface area contributed by atoms with Gasteiger partial charge in [0.2, 0.25) is 5.65 Å². The van der Waals surface area contributed by atoms with Gasteiger partial charge < -0.3 is 16.7 Å². The summed E-state index contributed by atoms with van der Waals surface area (Å²) in [5.41, 5.74) is 11.7. The van der Waals surface area contributed by atoms with E-state index in [2.05, 4.69) is 20.4 Å². The minimum Gasteiger partial charge on any atom is -0.409 e. The highest BCUT2D eigenvalue weighted by atomic mass is 16.5. The molecule has 0 saturated heterocycles. The standard InChI is InChI=1S/C7H7N9O/c8-2-1-3(9)15-7(11-2)4-5(10)16(17)14-12-6(4)13-15/h1,9,17H,8,10H2. The van der Waals surface area contributed by atoms with E-state index >= 15 is 0 Å². The summed E-state index contributed by atoms with van der Waals surface area (Å²) in [5.74, 6) is 0.0903. The number of rotatable bonds is 0. The number of nitrogens with one attached hydrogen (secondary N) is 1.